The lowest BCUT2D eigenvalue weighted by molar-refractivity contribution is -0.129. The number of hydrogen-bond donors (Lipinski definition) is 1. The van der Waals surface area contributed by atoms with Crippen LogP contribution < -0.4 is 19.5 Å². The van der Waals surface area contributed by atoms with Gasteiger partial charge in [-0.1, -0.05) is 18.2 Å². The minimum Gasteiger partial charge on any atom is -0.454 e. The smallest absolute Gasteiger partial charge is 0.387 e. The molecule has 0 bridgehead atoms. The van der Waals surface area contributed by atoms with Crippen LogP contribution in [0.1, 0.15) is 22.8 Å². The largest absolute Gasteiger partial charge is 0.454 e. The molecule has 9 heteroatoms. The fourth-order valence-corrected chi connectivity index (χ4v) is 2.50. The quantitative estimate of drug-likeness (QED) is 0.729. The summed E-state index contributed by atoms with van der Waals surface area (Å²) in [4.78, 5) is 24.4. The number of rotatable bonds is 7. The van der Waals surface area contributed by atoms with Crippen molar-refractivity contribution in [3.8, 4) is 17.2 Å². The van der Waals surface area contributed by atoms with Crippen LogP contribution in [-0.4, -0.2) is 31.4 Å². The molecule has 1 atom stereocenters. The number of nitrogens with one attached hydrogen (secondary N) is 1. The van der Waals surface area contributed by atoms with Gasteiger partial charge in [-0.25, -0.2) is 4.79 Å². The number of ether oxygens (including phenoxy) is 4. The topological polar surface area (TPSA) is 83.1 Å². The highest BCUT2D eigenvalue weighted by atomic mass is 19.3. The van der Waals surface area contributed by atoms with E-state index in [-0.39, 0.29) is 24.7 Å². The maximum absolute atomic E-state index is 12.4. The molecule has 28 heavy (non-hydrogen) atoms. The lowest BCUT2D eigenvalue weighted by Crippen LogP contribution is -2.35. The van der Waals surface area contributed by atoms with E-state index in [9.17, 15) is 18.4 Å². The SMILES string of the molecule is CC(OC(=O)c1ccccc1OC(F)F)C(=O)NCc1ccc2c(c1)OCO2. The molecule has 0 spiro atoms. The zero-order chi connectivity index (χ0) is 20.1. The molecule has 0 saturated carbocycles. The van der Waals surface area contributed by atoms with Gasteiger partial charge >= 0.3 is 12.6 Å². The molecule has 1 aliphatic rings. The van der Waals surface area contributed by atoms with E-state index in [2.05, 4.69) is 10.1 Å². The number of benzene rings is 2. The first-order valence-electron chi connectivity index (χ1n) is 8.35. The van der Waals surface area contributed by atoms with Crippen molar-refractivity contribution in [2.75, 3.05) is 6.79 Å². The van der Waals surface area contributed by atoms with Crippen LogP contribution in [0.4, 0.5) is 8.78 Å². The van der Waals surface area contributed by atoms with Gasteiger partial charge in [0.2, 0.25) is 6.79 Å². The van der Waals surface area contributed by atoms with Crippen LogP contribution in [-0.2, 0) is 16.1 Å². The Bertz CT molecular complexity index is 873. The van der Waals surface area contributed by atoms with E-state index < -0.39 is 24.6 Å². The summed E-state index contributed by atoms with van der Waals surface area (Å²) in [6, 6.07) is 10.6. The number of amides is 1. The predicted molar refractivity (Wildman–Crippen MR) is 92.4 cm³/mol. The van der Waals surface area contributed by atoms with Gasteiger partial charge in [0.05, 0.1) is 0 Å². The molecule has 2 aromatic rings. The van der Waals surface area contributed by atoms with Crippen molar-refractivity contribution in [1.82, 2.24) is 5.32 Å². The molecule has 2 aromatic carbocycles. The minimum atomic E-state index is -3.09. The van der Waals surface area contributed by atoms with Gasteiger partial charge in [0, 0.05) is 6.54 Å². The summed E-state index contributed by atoms with van der Waals surface area (Å²) < 4.78 is 44.7. The third kappa shape index (κ3) is 4.67. The Kier molecular flexibility index (Phi) is 5.93. The van der Waals surface area contributed by atoms with E-state index in [0.717, 1.165) is 5.56 Å². The molecule has 0 fully saturated rings. The van der Waals surface area contributed by atoms with Gasteiger partial charge in [-0.3, -0.25) is 4.79 Å². The highest BCUT2D eigenvalue weighted by Crippen LogP contribution is 2.32. The highest BCUT2D eigenvalue weighted by molar-refractivity contribution is 5.94. The van der Waals surface area contributed by atoms with Gasteiger partial charge in [0.25, 0.3) is 5.91 Å². The fourth-order valence-electron chi connectivity index (χ4n) is 2.50. The Morgan fingerprint density at radius 1 is 1.14 bits per heavy atom. The third-order valence-corrected chi connectivity index (χ3v) is 3.88. The number of fused-ring (bicyclic) bond motifs is 1. The van der Waals surface area contributed by atoms with Gasteiger partial charge in [-0.05, 0) is 36.8 Å². The Hall–Kier alpha value is -3.36. The van der Waals surface area contributed by atoms with Crippen LogP contribution >= 0.6 is 0 Å². The maximum Gasteiger partial charge on any atom is 0.387 e. The summed E-state index contributed by atoms with van der Waals surface area (Å²) in [6.45, 7) is -1.38. The van der Waals surface area contributed by atoms with E-state index in [1.165, 1.54) is 31.2 Å². The minimum absolute atomic E-state index is 0.148. The number of carbonyl (C=O) groups is 2. The van der Waals surface area contributed by atoms with Crippen LogP contribution in [0.5, 0.6) is 17.2 Å². The van der Waals surface area contributed by atoms with Gasteiger partial charge in [0.1, 0.15) is 11.3 Å². The maximum atomic E-state index is 12.4. The van der Waals surface area contributed by atoms with Crippen molar-refractivity contribution in [2.24, 2.45) is 0 Å². The van der Waals surface area contributed by atoms with Crippen LogP contribution in [0.25, 0.3) is 0 Å². The van der Waals surface area contributed by atoms with Gasteiger partial charge in [-0.2, -0.15) is 8.78 Å². The van der Waals surface area contributed by atoms with Crippen molar-refractivity contribution < 1.29 is 37.3 Å². The number of alkyl halides is 2. The molecule has 0 aliphatic carbocycles. The molecule has 7 nitrogen and oxygen atoms in total. The van der Waals surface area contributed by atoms with Crippen LogP contribution in [0, 0.1) is 0 Å². The van der Waals surface area contributed by atoms with Crippen molar-refractivity contribution in [3.05, 3.63) is 53.6 Å². The van der Waals surface area contributed by atoms with E-state index in [0.29, 0.717) is 11.5 Å². The molecular weight excluding hydrogens is 376 g/mol. The number of carbonyl (C=O) groups excluding carboxylic acids is 2. The average Bonchev–Trinajstić information content (AvgIpc) is 3.13. The van der Waals surface area contributed by atoms with Crippen LogP contribution in [0.3, 0.4) is 0 Å². The Morgan fingerprint density at radius 3 is 2.68 bits per heavy atom. The van der Waals surface area contributed by atoms with Crippen LogP contribution in [0.2, 0.25) is 0 Å². The summed E-state index contributed by atoms with van der Waals surface area (Å²) in [5, 5.41) is 2.63. The van der Waals surface area contributed by atoms with Gasteiger partial charge < -0.3 is 24.3 Å². The molecule has 1 unspecified atom stereocenters. The second-order valence-corrected chi connectivity index (χ2v) is 5.83. The Balaban J connectivity index is 1.56. The van der Waals surface area contributed by atoms with Crippen molar-refractivity contribution >= 4 is 11.9 Å². The first kappa shape index (κ1) is 19.4. The molecule has 0 aromatic heterocycles. The monoisotopic (exact) mass is 393 g/mol. The van der Waals surface area contributed by atoms with E-state index in [1.807, 2.05) is 0 Å². The van der Waals surface area contributed by atoms with E-state index in [1.54, 1.807) is 18.2 Å². The molecule has 1 amide bonds. The summed E-state index contributed by atoms with van der Waals surface area (Å²) in [7, 11) is 0. The number of hydrogen-bond acceptors (Lipinski definition) is 6. The number of esters is 1. The van der Waals surface area contributed by atoms with Crippen molar-refractivity contribution in [1.29, 1.82) is 0 Å². The van der Waals surface area contributed by atoms with Gasteiger partial charge in [-0.15, -0.1) is 0 Å². The first-order chi connectivity index (χ1) is 13.4. The summed E-state index contributed by atoms with van der Waals surface area (Å²) >= 11 is 0. The lowest BCUT2D eigenvalue weighted by Gasteiger charge is -2.15. The molecule has 3 rings (SSSR count). The Labute approximate surface area is 159 Å². The molecule has 0 radical (unpaired) electrons. The normalized spacial score (nSPS) is 13.1. The van der Waals surface area contributed by atoms with E-state index in [4.69, 9.17) is 14.2 Å². The zero-order valence-corrected chi connectivity index (χ0v) is 14.8. The molecule has 1 heterocycles. The molecule has 148 valence electrons. The van der Waals surface area contributed by atoms with Crippen LogP contribution in [0.15, 0.2) is 42.5 Å². The molecule has 1 N–H and O–H groups in total. The van der Waals surface area contributed by atoms with E-state index >= 15 is 0 Å². The molecule has 1 aliphatic heterocycles. The standard InChI is InChI=1S/C19H17F2NO6/c1-11(27-18(24)13-4-2-3-5-14(13)28-19(20)21)17(23)22-9-12-6-7-15-16(8-12)26-10-25-15/h2-8,11,19H,9-10H2,1H3,(H,22,23). The zero-order valence-electron chi connectivity index (χ0n) is 14.8. The second-order valence-electron chi connectivity index (χ2n) is 5.83. The fraction of sp³-hybridized carbons (Fsp3) is 0.263. The van der Waals surface area contributed by atoms with Gasteiger partial charge in [0.15, 0.2) is 17.6 Å². The van der Waals surface area contributed by atoms with Crippen molar-refractivity contribution in [2.45, 2.75) is 26.2 Å². The second kappa shape index (κ2) is 8.55. The summed E-state index contributed by atoms with van der Waals surface area (Å²) in [5.41, 5.74) is 0.574. The number of halogens is 2. The summed E-state index contributed by atoms with van der Waals surface area (Å²) in [5.74, 6) is -0.598. The molecule has 0 saturated heterocycles. The third-order valence-electron chi connectivity index (χ3n) is 3.88. The predicted octanol–water partition coefficient (Wildman–Crippen LogP) is 2.88. The number of para-hydroxylation sites is 1. The molecular formula is C19H17F2NO6. The lowest BCUT2D eigenvalue weighted by atomic mass is 10.2. The highest BCUT2D eigenvalue weighted by Gasteiger charge is 2.22. The first-order valence-corrected chi connectivity index (χ1v) is 8.35. The Morgan fingerprint density at radius 2 is 1.89 bits per heavy atom. The average molecular weight is 393 g/mol. The summed E-state index contributed by atoms with van der Waals surface area (Å²) in [6.07, 6.45) is -1.14. The van der Waals surface area contributed by atoms with Crippen molar-refractivity contribution in [3.63, 3.8) is 0 Å².